The van der Waals surface area contributed by atoms with E-state index in [0.717, 1.165) is 0 Å². The van der Waals surface area contributed by atoms with Crippen molar-refractivity contribution in [2.75, 3.05) is 0 Å². The second-order valence-electron chi connectivity index (χ2n) is 5.45. The van der Waals surface area contributed by atoms with Crippen molar-refractivity contribution < 1.29 is 24.5 Å². The van der Waals surface area contributed by atoms with E-state index in [9.17, 15) is 14.7 Å². The number of aliphatic carboxylic acids is 1. The highest BCUT2D eigenvalue weighted by molar-refractivity contribution is 5.72. The summed E-state index contributed by atoms with van der Waals surface area (Å²) in [5.74, 6) is -1.10. The van der Waals surface area contributed by atoms with Crippen LogP contribution in [0.1, 0.15) is 41.0 Å². The predicted molar refractivity (Wildman–Crippen MR) is 61.7 cm³/mol. The van der Waals surface area contributed by atoms with Gasteiger partial charge in [-0.15, -0.1) is 0 Å². The quantitative estimate of drug-likeness (QED) is 0.692. The summed E-state index contributed by atoms with van der Waals surface area (Å²) in [6.45, 7) is 7.95. The minimum Gasteiger partial charge on any atom is -0.481 e. The fraction of sp³-hybridized carbons (Fsp3) is 0.818. The fourth-order valence-electron chi connectivity index (χ4n) is 1.10. The number of hydrogen-bond donors (Lipinski definition) is 3. The van der Waals surface area contributed by atoms with Crippen LogP contribution in [0.25, 0.3) is 0 Å². The number of alkyl carbamates (subject to hydrolysis) is 1. The first kappa shape index (κ1) is 15.7. The number of aliphatic hydroxyl groups is 1. The molecule has 17 heavy (non-hydrogen) atoms. The molecule has 0 saturated heterocycles. The second-order valence-corrected chi connectivity index (χ2v) is 5.45. The van der Waals surface area contributed by atoms with E-state index in [1.807, 2.05) is 0 Å². The number of nitrogens with one attached hydrogen (secondary N) is 1. The second kappa shape index (κ2) is 5.35. The zero-order chi connectivity index (χ0) is 13.9. The average Bonchev–Trinajstić information content (AvgIpc) is 1.95. The van der Waals surface area contributed by atoms with E-state index in [2.05, 4.69) is 5.32 Å². The standard InChI is InChI=1S/C11H21NO5/c1-10(2,3)17-9(15)12-7(6-8(13)14)11(4,5)16/h7,16H,6H2,1-5H3,(H,12,15)(H,13,14). The van der Waals surface area contributed by atoms with Crippen LogP contribution in [-0.4, -0.2) is 39.5 Å². The lowest BCUT2D eigenvalue weighted by molar-refractivity contribution is -0.139. The number of hydrogen-bond acceptors (Lipinski definition) is 4. The molecule has 1 amide bonds. The van der Waals surface area contributed by atoms with Crippen molar-refractivity contribution in [2.45, 2.75) is 58.3 Å². The molecule has 0 aliphatic carbocycles. The smallest absolute Gasteiger partial charge is 0.407 e. The van der Waals surface area contributed by atoms with Crippen LogP contribution in [0.5, 0.6) is 0 Å². The number of ether oxygens (including phenoxy) is 1. The van der Waals surface area contributed by atoms with Crippen LogP contribution in [0.15, 0.2) is 0 Å². The number of amides is 1. The molecular formula is C11H21NO5. The summed E-state index contributed by atoms with van der Waals surface area (Å²) in [5.41, 5.74) is -2.01. The molecule has 0 aromatic heterocycles. The highest BCUT2D eigenvalue weighted by Crippen LogP contribution is 2.14. The van der Waals surface area contributed by atoms with Gasteiger partial charge in [0.25, 0.3) is 0 Å². The molecular weight excluding hydrogens is 226 g/mol. The molecule has 6 heteroatoms. The van der Waals surface area contributed by atoms with Crippen molar-refractivity contribution in [2.24, 2.45) is 0 Å². The first-order valence-electron chi connectivity index (χ1n) is 5.35. The van der Waals surface area contributed by atoms with E-state index in [4.69, 9.17) is 9.84 Å². The van der Waals surface area contributed by atoms with Gasteiger partial charge in [-0.25, -0.2) is 4.79 Å². The molecule has 0 aliphatic rings. The van der Waals surface area contributed by atoms with E-state index < -0.39 is 29.3 Å². The summed E-state index contributed by atoms with van der Waals surface area (Å²) in [6.07, 6.45) is -1.12. The Balaban J connectivity index is 4.55. The minimum atomic E-state index is -1.34. The zero-order valence-electron chi connectivity index (χ0n) is 10.9. The summed E-state index contributed by atoms with van der Waals surface area (Å²) in [5, 5.41) is 20.8. The van der Waals surface area contributed by atoms with Crippen LogP contribution < -0.4 is 5.32 Å². The summed E-state index contributed by atoms with van der Waals surface area (Å²) in [7, 11) is 0. The lowest BCUT2D eigenvalue weighted by Gasteiger charge is -2.30. The van der Waals surface area contributed by atoms with Crippen molar-refractivity contribution in [1.82, 2.24) is 5.32 Å². The molecule has 0 saturated carbocycles. The molecule has 3 N–H and O–H groups in total. The van der Waals surface area contributed by atoms with Gasteiger partial charge in [0.2, 0.25) is 0 Å². The Hall–Kier alpha value is -1.30. The van der Waals surface area contributed by atoms with Gasteiger partial charge in [-0.2, -0.15) is 0 Å². The Morgan fingerprint density at radius 3 is 2.00 bits per heavy atom. The normalized spacial score (nSPS) is 14.0. The molecule has 0 bridgehead atoms. The lowest BCUT2D eigenvalue weighted by atomic mass is 9.96. The molecule has 0 aromatic rings. The third-order valence-corrected chi connectivity index (χ3v) is 1.92. The molecule has 0 fully saturated rings. The first-order valence-corrected chi connectivity index (χ1v) is 5.35. The maximum atomic E-state index is 11.5. The van der Waals surface area contributed by atoms with Crippen molar-refractivity contribution in [3.63, 3.8) is 0 Å². The first-order chi connectivity index (χ1) is 7.42. The molecule has 0 aliphatic heterocycles. The molecule has 0 radical (unpaired) electrons. The monoisotopic (exact) mass is 247 g/mol. The molecule has 0 spiro atoms. The van der Waals surface area contributed by atoms with Gasteiger partial charge in [0, 0.05) is 0 Å². The van der Waals surface area contributed by atoms with Gasteiger partial charge in [0.05, 0.1) is 18.1 Å². The van der Waals surface area contributed by atoms with E-state index in [1.165, 1.54) is 13.8 Å². The number of rotatable bonds is 4. The van der Waals surface area contributed by atoms with Gasteiger partial charge < -0.3 is 20.3 Å². The Labute approximate surface area is 101 Å². The van der Waals surface area contributed by atoms with Gasteiger partial charge >= 0.3 is 12.1 Å². The summed E-state index contributed by atoms with van der Waals surface area (Å²) < 4.78 is 4.99. The van der Waals surface area contributed by atoms with Crippen LogP contribution >= 0.6 is 0 Å². The van der Waals surface area contributed by atoms with E-state index in [-0.39, 0.29) is 6.42 Å². The number of carbonyl (C=O) groups excluding carboxylic acids is 1. The van der Waals surface area contributed by atoms with Gasteiger partial charge in [-0.3, -0.25) is 4.79 Å². The third kappa shape index (κ3) is 7.57. The van der Waals surface area contributed by atoms with Gasteiger partial charge in [0.1, 0.15) is 5.60 Å². The van der Waals surface area contributed by atoms with Crippen molar-refractivity contribution >= 4 is 12.1 Å². The summed E-state index contributed by atoms with van der Waals surface area (Å²) >= 11 is 0. The van der Waals surface area contributed by atoms with Gasteiger partial charge in [0.15, 0.2) is 0 Å². The molecule has 0 rings (SSSR count). The number of carboxylic acid groups (broad SMARTS) is 1. The SMILES string of the molecule is CC(C)(C)OC(=O)NC(CC(=O)O)C(C)(C)O. The maximum Gasteiger partial charge on any atom is 0.407 e. The predicted octanol–water partition coefficient (Wildman–Crippen LogP) is 1.13. The van der Waals surface area contributed by atoms with Crippen LogP contribution in [-0.2, 0) is 9.53 Å². The largest absolute Gasteiger partial charge is 0.481 e. The lowest BCUT2D eigenvalue weighted by Crippen LogP contribution is -2.51. The van der Waals surface area contributed by atoms with Crippen LogP contribution in [0.2, 0.25) is 0 Å². The molecule has 6 nitrogen and oxygen atoms in total. The fourth-order valence-corrected chi connectivity index (χ4v) is 1.10. The summed E-state index contributed by atoms with van der Waals surface area (Å²) in [6, 6.07) is -0.908. The molecule has 1 unspecified atom stereocenters. The average molecular weight is 247 g/mol. The number of carboxylic acids is 1. The Morgan fingerprint density at radius 1 is 1.24 bits per heavy atom. The van der Waals surface area contributed by atoms with E-state index >= 15 is 0 Å². The van der Waals surface area contributed by atoms with Crippen LogP contribution in [0.4, 0.5) is 4.79 Å². The van der Waals surface area contributed by atoms with Crippen LogP contribution in [0.3, 0.4) is 0 Å². The van der Waals surface area contributed by atoms with Crippen molar-refractivity contribution in [1.29, 1.82) is 0 Å². The molecule has 0 aromatic carbocycles. The molecule has 100 valence electrons. The topological polar surface area (TPSA) is 95.9 Å². The molecule has 1 atom stereocenters. The van der Waals surface area contributed by atoms with Crippen molar-refractivity contribution in [3.8, 4) is 0 Å². The zero-order valence-corrected chi connectivity index (χ0v) is 10.9. The Kier molecular flexibility index (Phi) is 4.94. The Morgan fingerprint density at radius 2 is 1.71 bits per heavy atom. The highest BCUT2D eigenvalue weighted by Gasteiger charge is 2.31. The van der Waals surface area contributed by atoms with Gasteiger partial charge in [-0.1, -0.05) is 0 Å². The minimum absolute atomic E-state index is 0.372. The third-order valence-electron chi connectivity index (χ3n) is 1.92. The maximum absolute atomic E-state index is 11.5. The van der Waals surface area contributed by atoms with Crippen LogP contribution in [0, 0.1) is 0 Å². The van der Waals surface area contributed by atoms with E-state index in [1.54, 1.807) is 20.8 Å². The van der Waals surface area contributed by atoms with E-state index in [0.29, 0.717) is 0 Å². The summed E-state index contributed by atoms with van der Waals surface area (Å²) in [4.78, 5) is 22.1. The number of carbonyl (C=O) groups is 2. The van der Waals surface area contributed by atoms with Crippen molar-refractivity contribution in [3.05, 3.63) is 0 Å². The molecule has 0 heterocycles. The highest BCUT2D eigenvalue weighted by atomic mass is 16.6. The van der Waals surface area contributed by atoms with Gasteiger partial charge in [-0.05, 0) is 34.6 Å². The Bertz CT molecular complexity index is 287.